The molecule has 2 atom stereocenters. The molecule has 2 aromatic rings. The van der Waals surface area contributed by atoms with Crippen molar-refractivity contribution in [3.63, 3.8) is 0 Å². The van der Waals surface area contributed by atoms with Crippen molar-refractivity contribution < 1.29 is 35.9 Å². The van der Waals surface area contributed by atoms with Crippen molar-refractivity contribution in [2.24, 2.45) is 0 Å². The van der Waals surface area contributed by atoms with E-state index in [1.54, 1.807) is 31.2 Å². The van der Waals surface area contributed by atoms with E-state index in [0.717, 1.165) is 34.3 Å². The number of carbonyl (C=O) groups excluding carboxylic acids is 2. The first-order valence-electron chi connectivity index (χ1n) is 12.5. The van der Waals surface area contributed by atoms with E-state index in [0.29, 0.717) is 12.2 Å². The van der Waals surface area contributed by atoms with E-state index < -0.39 is 33.7 Å². The van der Waals surface area contributed by atoms with Gasteiger partial charge in [-0.05, 0) is 62.6 Å². The Bertz CT molecular complexity index is 1220. The topological polar surface area (TPSA) is 96.0 Å². The first-order valence-corrected chi connectivity index (χ1v) is 14.4. The number of halogens is 3. The van der Waals surface area contributed by atoms with Crippen LogP contribution in [-0.4, -0.2) is 57.1 Å². The van der Waals surface area contributed by atoms with Crippen molar-refractivity contribution in [2.75, 3.05) is 24.2 Å². The maximum absolute atomic E-state index is 13.3. The second-order valence-electron chi connectivity index (χ2n) is 9.35. The highest BCUT2D eigenvalue weighted by atomic mass is 32.2. The second kappa shape index (κ2) is 13.7. The minimum atomic E-state index is -4.64. The Labute approximate surface area is 228 Å². The van der Waals surface area contributed by atoms with E-state index in [9.17, 15) is 31.2 Å². The van der Waals surface area contributed by atoms with Gasteiger partial charge in [0.2, 0.25) is 21.8 Å². The Morgan fingerprint density at radius 3 is 2.26 bits per heavy atom. The summed E-state index contributed by atoms with van der Waals surface area (Å²) in [5.41, 5.74) is -0.359. The fourth-order valence-corrected chi connectivity index (χ4v) is 4.77. The van der Waals surface area contributed by atoms with E-state index in [1.165, 1.54) is 18.1 Å². The maximum Gasteiger partial charge on any atom is 0.416 e. The van der Waals surface area contributed by atoms with Crippen molar-refractivity contribution in [3.05, 3.63) is 59.7 Å². The second-order valence-corrected chi connectivity index (χ2v) is 11.3. The molecule has 1 N–H and O–H groups in total. The lowest BCUT2D eigenvalue weighted by atomic mass is 10.1. The molecular weight excluding hydrogens is 535 g/mol. The smallest absolute Gasteiger partial charge is 0.416 e. The molecular formula is C27H36F3N3O5S. The van der Waals surface area contributed by atoms with Gasteiger partial charge in [0.1, 0.15) is 11.8 Å². The molecule has 8 nitrogen and oxygen atoms in total. The van der Waals surface area contributed by atoms with E-state index in [2.05, 4.69) is 5.32 Å². The van der Waals surface area contributed by atoms with Crippen LogP contribution >= 0.6 is 0 Å². The van der Waals surface area contributed by atoms with Crippen LogP contribution in [0.3, 0.4) is 0 Å². The molecule has 0 aromatic heterocycles. The molecule has 0 saturated carbocycles. The summed E-state index contributed by atoms with van der Waals surface area (Å²) in [6.07, 6.45) is -3.12. The molecule has 2 aromatic carbocycles. The Balaban J connectivity index is 2.22. The van der Waals surface area contributed by atoms with Crippen LogP contribution in [0, 0.1) is 0 Å². The molecule has 2 amide bonds. The monoisotopic (exact) mass is 571 g/mol. The van der Waals surface area contributed by atoms with E-state index in [4.69, 9.17) is 4.74 Å². The Morgan fingerprint density at radius 1 is 1.08 bits per heavy atom. The molecule has 2 rings (SSSR count). The van der Waals surface area contributed by atoms with Crippen LogP contribution in [0.1, 0.15) is 51.2 Å². The minimum absolute atomic E-state index is 0.0287. The normalized spacial score (nSPS) is 13.3. The van der Waals surface area contributed by atoms with Gasteiger partial charge in [0.15, 0.2) is 0 Å². The SMILES string of the molecule is CC[C@@H](C)NC(=O)[C@@H](C)N(Cc1ccc(OC)cc1)C(=O)CCCN(c1cccc(C(F)(F)F)c1)S(C)(=O)=O. The fourth-order valence-electron chi connectivity index (χ4n) is 3.82. The van der Waals surface area contributed by atoms with Crippen molar-refractivity contribution in [1.29, 1.82) is 0 Å². The number of carbonyl (C=O) groups is 2. The summed E-state index contributed by atoms with van der Waals surface area (Å²) < 4.78 is 70.4. The first-order chi connectivity index (χ1) is 18.2. The summed E-state index contributed by atoms with van der Waals surface area (Å²) in [7, 11) is -2.40. The Kier molecular flexibility index (Phi) is 11.2. The number of amides is 2. The van der Waals surface area contributed by atoms with Crippen LogP contribution in [0.25, 0.3) is 0 Å². The van der Waals surface area contributed by atoms with Crippen LogP contribution in [0.5, 0.6) is 5.75 Å². The molecule has 12 heteroatoms. The Morgan fingerprint density at radius 2 is 1.72 bits per heavy atom. The average molecular weight is 572 g/mol. The number of methoxy groups -OCH3 is 1. The number of benzene rings is 2. The van der Waals surface area contributed by atoms with Crippen molar-refractivity contribution in [2.45, 2.75) is 64.8 Å². The quantitative estimate of drug-likeness (QED) is 0.380. The molecule has 0 bridgehead atoms. The summed E-state index contributed by atoms with van der Waals surface area (Å²) in [4.78, 5) is 27.6. The summed E-state index contributed by atoms with van der Waals surface area (Å²) in [6.45, 7) is 5.31. The lowest BCUT2D eigenvalue weighted by molar-refractivity contribution is -0.140. The molecule has 0 spiro atoms. The third-order valence-electron chi connectivity index (χ3n) is 6.29. The van der Waals surface area contributed by atoms with Crippen molar-refractivity contribution in [1.82, 2.24) is 10.2 Å². The van der Waals surface area contributed by atoms with Gasteiger partial charge in [-0.1, -0.05) is 25.1 Å². The van der Waals surface area contributed by atoms with Crippen LogP contribution in [0.4, 0.5) is 18.9 Å². The van der Waals surface area contributed by atoms with Gasteiger partial charge in [0.25, 0.3) is 0 Å². The van der Waals surface area contributed by atoms with Gasteiger partial charge >= 0.3 is 6.18 Å². The zero-order valence-corrected chi connectivity index (χ0v) is 23.6. The van der Waals surface area contributed by atoms with Crippen LogP contribution in [0.15, 0.2) is 48.5 Å². The number of nitrogens with zero attached hydrogens (tertiary/aromatic N) is 2. The predicted octanol–water partition coefficient (Wildman–Crippen LogP) is 4.59. The third-order valence-corrected chi connectivity index (χ3v) is 7.49. The summed E-state index contributed by atoms with van der Waals surface area (Å²) in [5, 5.41) is 2.87. The molecule has 0 fully saturated rings. The highest BCUT2D eigenvalue weighted by Gasteiger charge is 2.32. The first kappa shape index (κ1) is 31.9. The number of ether oxygens (including phenoxy) is 1. The molecule has 39 heavy (non-hydrogen) atoms. The van der Waals surface area contributed by atoms with E-state index in [-0.39, 0.29) is 43.6 Å². The van der Waals surface area contributed by atoms with Gasteiger partial charge in [0.05, 0.1) is 24.6 Å². The molecule has 0 heterocycles. The number of alkyl halides is 3. The highest BCUT2D eigenvalue weighted by Crippen LogP contribution is 2.32. The molecule has 0 aliphatic rings. The summed E-state index contributed by atoms with van der Waals surface area (Å²) in [5.74, 6) is -0.0855. The average Bonchev–Trinajstić information content (AvgIpc) is 2.88. The zero-order valence-electron chi connectivity index (χ0n) is 22.8. The number of hydrogen-bond acceptors (Lipinski definition) is 5. The van der Waals surface area contributed by atoms with Gasteiger partial charge in [-0.25, -0.2) is 8.42 Å². The summed E-state index contributed by atoms with van der Waals surface area (Å²) in [6, 6.07) is 10.1. The number of sulfonamides is 1. The minimum Gasteiger partial charge on any atom is -0.497 e. The van der Waals surface area contributed by atoms with Crippen LogP contribution in [-0.2, 0) is 32.3 Å². The van der Waals surface area contributed by atoms with Gasteiger partial charge < -0.3 is 15.0 Å². The van der Waals surface area contributed by atoms with Crippen LogP contribution in [0.2, 0.25) is 0 Å². The fraction of sp³-hybridized carbons (Fsp3) is 0.481. The van der Waals surface area contributed by atoms with E-state index >= 15 is 0 Å². The maximum atomic E-state index is 13.3. The number of rotatable bonds is 13. The highest BCUT2D eigenvalue weighted by molar-refractivity contribution is 7.92. The summed E-state index contributed by atoms with van der Waals surface area (Å²) >= 11 is 0. The molecule has 0 saturated heterocycles. The predicted molar refractivity (Wildman–Crippen MR) is 144 cm³/mol. The largest absolute Gasteiger partial charge is 0.497 e. The van der Waals surface area contributed by atoms with Gasteiger partial charge in [-0.3, -0.25) is 13.9 Å². The van der Waals surface area contributed by atoms with Gasteiger partial charge in [0, 0.05) is 25.6 Å². The lowest BCUT2D eigenvalue weighted by Crippen LogP contribution is -2.49. The molecule has 0 radical (unpaired) electrons. The van der Waals surface area contributed by atoms with Gasteiger partial charge in [-0.15, -0.1) is 0 Å². The zero-order chi connectivity index (χ0) is 29.4. The van der Waals surface area contributed by atoms with Crippen LogP contribution < -0.4 is 14.4 Å². The molecule has 0 aliphatic heterocycles. The van der Waals surface area contributed by atoms with E-state index in [1.807, 2.05) is 13.8 Å². The number of anilines is 1. The lowest BCUT2D eigenvalue weighted by Gasteiger charge is -2.30. The molecule has 0 unspecified atom stereocenters. The van der Waals surface area contributed by atoms with Crippen molar-refractivity contribution >= 4 is 27.5 Å². The third kappa shape index (κ3) is 9.45. The molecule has 216 valence electrons. The number of hydrogen-bond donors (Lipinski definition) is 1. The standard InChI is InChI=1S/C27H36F3N3O5S/c1-6-19(2)31-26(35)20(3)32(18-21-12-14-24(38-4)15-13-21)25(34)11-8-16-33(39(5,36)37)23-10-7-9-22(17-23)27(28,29)30/h7,9-10,12-15,17,19-20H,6,8,11,16,18H2,1-5H3,(H,31,35)/t19-,20-/m1/s1. The van der Waals surface area contributed by atoms with Crippen molar-refractivity contribution in [3.8, 4) is 5.75 Å². The Hall–Kier alpha value is -3.28. The number of nitrogens with one attached hydrogen (secondary N) is 1. The molecule has 0 aliphatic carbocycles. The van der Waals surface area contributed by atoms with Gasteiger partial charge in [-0.2, -0.15) is 13.2 Å².